The maximum absolute atomic E-state index is 12.9. The number of urea groups is 1. The van der Waals surface area contributed by atoms with Crippen molar-refractivity contribution in [1.29, 1.82) is 0 Å². The predicted molar refractivity (Wildman–Crippen MR) is 95.7 cm³/mol. The molecule has 0 spiro atoms. The molecule has 2 heterocycles. The van der Waals surface area contributed by atoms with Crippen LogP contribution in [0.2, 0.25) is 0 Å². The van der Waals surface area contributed by atoms with Crippen molar-refractivity contribution in [2.24, 2.45) is 0 Å². The Bertz CT molecular complexity index is 654. The standard InChI is InChI=1S/C18H22N2O3S/c1-22-16-5-2-4-14(12-16)19-18(21)20(13-17-6-3-11-24-17)15-7-9-23-10-8-15/h2-6,11-12,15H,7-10,13H2,1H3,(H,19,21). The van der Waals surface area contributed by atoms with Crippen molar-refractivity contribution in [3.8, 4) is 5.75 Å². The van der Waals surface area contributed by atoms with E-state index in [9.17, 15) is 4.79 Å². The molecule has 0 aliphatic carbocycles. The molecule has 0 radical (unpaired) electrons. The molecule has 0 atom stereocenters. The summed E-state index contributed by atoms with van der Waals surface area (Å²) in [6.07, 6.45) is 1.74. The van der Waals surface area contributed by atoms with E-state index in [-0.39, 0.29) is 12.1 Å². The molecule has 2 amide bonds. The first-order valence-electron chi connectivity index (χ1n) is 8.08. The van der Waals surface area contributed by atoms with Gasteiger partial charge in [0.05, 0.1) is 13.7 Å². The number of rotatable bonds is 5. The van der Waals surface area contributed by atoms with E-state index in [1.807, 2.05) is 40.6 Å². The third kappa shape index (κ3) is 4.27. The smallest absolute Gasteiger partial charge is 0.322 e. The van der Waals surface area contributed by atoms with Crippen molar-refractivity contribution in [2.45, 2.75) is 25.4 Å². The Labute approximate surface area is 146 Å². The highest BCUT2D eigenvalue weighted by atomic mass is 32.1. The van der Waals surface area contributed by atoms with Gasteiger partial charge < -0.3 is 19.7 Å². The number of hydrogen-bond acceptors (Lipinski definition) is 4. The lowest BCUT2D eigenvalue weighted by atomic mass is 10.1. The molecule has 1 saturated heterocycles. The first kappa shape index (κ1) is 16.8. The van der Waals surface area contributed by atoms with Crippen LogP contribution in [-0.4, -0.2) is 37.3 Å². The summed E-state index contributed by atoms with van der Waals surface area (Å²) >= 11 is 1.67. The largest absolute Gasteiger partial charge is 0.497 e. The van der Waals surface area contributed by atoms with Crippen LogP contribution in [0.5, 0.6) is 5.75 Å². The number of nitrogens with zero attached hydrogens (tertiary/aromatic N) is 1. The number of hydrogen-bond donors (Lipinski definition) is 1. The molecule has 1 aliphatic heterocycles. The van der Waals surface area contributed by atoms with Crippen LogP contribution in [0.4, 0.5) is 10.5 Å². The molecule has 6 heteroatoms. The highest BCUT2D eigenvalue weighted by Crippen LogP contribution is 2.22. The molecule has 1 N–H and O–H groups in total. The average molecular weight is 346 g/mol. The second kappa shape index (κ2) is 8.17. The number of carbonyl (C=O) groups is 1. The van der Waals surface area contributed by atoms with E-state index < -0.39 is 0 Å². The van der Waals surface area contributed by atoms with E-state index in [0.717, 1.165) is 24.3 Å². The zero-order chi connectivity index (χ0) is 16.8. The topological polar surface area (TPSA) is 50.8 Å². The summed E-state index contributed by atoms with van der Waals surface area (Å²) in [4.78, 5) is 16.0. The van der Waals surface area contributed by atoms with Gasteiger partial charge in [0.25, 0.3) is 0 Å². The Morgan fingerprint density at radius 1 is 1.33 bits per heavy atom. The fourth-order valence-electron chi connectivity index (χ4n) is 2.83. The highest BCUT2D eigenvalue weighted by molar-refractivity contribution is 7.09. The van der Waals surface area contributed by atoms with Crippen LogP contribution in [0.3, 0.4) is 0 Å². The van der Waals surface area contributed by atoms with Crippen molar-refractivity contribution in [2.75, 3.05) is 25.6 Å². The third-order valence-corrected chi connectivity index (χ3v) is 4.98. The molecule has 2 aromatic rings. The van der Waals surface area contributed by atoms with Crippen molar-refractivity contribution in [1.82, 2.24) is 4.90 Å². The van der Waals surface area contributed by atoms with Gasteiger partial charge in [-0.1, -0.05) is 12.1 Å². The number of anilines is 1. The predicted octanol–water partition coefficient (Wildman–Crippen LogP) is 3.97. The first-order chi connectivity index (χ1) is 11.8. The number of amides is 2. The Kier molecular flexibility index (Phi) is 5.72. The minimum Gasteiger partial charge on any atom is -0.497 e. The lowest BCUT2D eigenvalue weighted by molar-refractivity contribution is 0.0462. The second-order valence-electron chi connectivity index (χ2n) is 5.71. The summed E-state index contributed by atoms with van der Waals surface area (Å²) in [6, 6.07) is 11.6. The van der Waals surface area contributed by atoms with Crippen molar-refractivity contribution >= 4 is 23.1 Å². The number of nitrogens with one attached hydrogen (secondary N) is 1. The van der Waals surface area contributed by atoms with Crippen LogP contribution in [0.1, 0.15) is 17.7 Å². The molecular weight excluding hydrogens is 324 g/mol. The zero-order valence-electron chi connectivity index (χ0n) is 13.7. The SMILES string of the molecule is COc1cccc(NC(=O)N(Cc2cccs2)C2CCOCC2)c1. The van der Waals surface area contributed by atoms with Gasteiger partial charge in [0.1, 0.15) is 5.75 Å². The summed E-state index contributed by atoms with van der Waals surface area (Å²) in [5.74, 6) is 0.726. The number of thiophene rings is 1. The third-order valence-electron chi connectivity index (χ3n) is 4.12. The molecule has 1 aromatic heterocycles. The molecule has 0 bridgehead atoms. The maximum Gasteiger partial charge on any atom is 0.322 e. The van der Waals surface area contributed by atoms with E-state index in [2.05, 4.69) is 11.4 Å². The highest BCUT2D eigenvalue weighted by Gasteiger charge is 2.26. The normalized spacial score (nSPS) is 15.0. The fraction of sp³-hybridized carbons (Fsp3) is 0.389. The van der Waals surface area contributed by atoms with Crippen LogP contribution < -0.4 is 10.1 Å². The van der Waals surface area contributed by atoms with Gasteiger partial charge >= 0.3 is 6.03 Å². The van der Waals surface area contributed by atoms with E-state index in [4.69, 9.17) is 9.47 Å². The summed E-state index contributed by atoms with van der Waals surface area (Å²) in [7, 11) is 1.62. The fourth-order valence-corrected chi connectivity index (χ4v) is 3.53. The number of benzene rings is 1. The van der Waals surface area contributed by atoms with E-state index in [0.29, 0.717) is 19.8 Å². The molecule has 3 rings (SSSR count). The van der Waals surface area contributed by atoms with Crippen molar-refractivity contribution in [3.63, 3.8) is 0 Å². The first-order valence-corrected chi connectivity index (χ1v) is 8.96. The van der Waals surface area contributed by atoms with Crippen LogP contribution in [0.25, 0.3) is 0 Å². The van der Waals surface area contributed by atoms with E-state index in [1.54, 1.807) is 18.4 Å². The minimum atomic E-state index is -0.0800. The second-order valence-corrected chi connectivity index (χ2v) is 6.75. The summed E-state index contributed by atoms with van der Waals surface area (Å²) in [5, 5.41) is 5.04. The van der Waals surface area contributed by atoms with Gasteiger partial charge in [0.15, 0.2) is 0 Å². The van der Waals surface area contributed by atoms with Gasteiger partial charge in [-0.25, -0.2) is 4.79 Å². The molecule has 1 aromatic carbocycles. The Hall–Kier alpha value is -2.05. The quantitative estimate of drug-likeness (QED) is 0.891. The van der Waals surface area contributed by atoms with Gasteiger partial charge in [0, 0.05) is 35.9 Å². The monoisotopic (exact) mass is 346 g/mol. The Morgan fingerprint density at radius 2 is 2.17 bits per heavy atom. The van der Waals surface area contributed by atoms with Crippen molar-refractivity contribution < 1.29 is 14.3 Å². The molecule has 128 valence electrons. The molecule has 5 nitrogen and oxygen atoms in total. The van der Waals surface area contributed by atoms with E-state index >= 15 is 0 Å². The van der Waals surface area contributed by atoms with Gasteiger partial charge in [0.2, 0.25) is 0 Å². The van der Waals surface area contributed by atoms with Crippen LogP contribution >= 0.6 is 11.3 Å². The van der Waals surface area contributed by atoms with Crippen LogP contribution in [0.15, 0.2) is 41.8 Å². The molecule has 1 fully saturated rings. The minimum absolute atomic E-state index is 0.0800. The number of methoxy groups -OCH3 is 1. The Balaban J connectivity index is 1.74. The average Bonchev–Trinajstić information content (AvgIpc) is 3.14. The molecular formula is C18H22N2O3S. The molecule has 0 unspecified atom stereocenters. The summed E-state index contributed by atoms with van der Waals surface area (Å²) in [5.41, 5.74) is 0.739. The maximum atomic E-state index is 12.9. The summed E-state index contributed by atoms with van der Waals surface area (Å²) < 4.78 is 10.7. The van der Waals surface area contributed by atoms with E-state index in [1.165, 1.54) is 4.88 Å². The molecule has 0 saturated carbocycles. The van der Waals surface area contributed by atoms with Gasteiger partial charge in [-0.3, -0.25) is 0 Å². The Morgan fingerprint density at radius 3 is 2.88 bits per heavy atom. The number of carbonyl (C=O) groups excluding carboxylic acids is 1. The molecule has 1 aliphatic rings. The lowest BCUT2D eigenvalue weighted by Crippen LogP contribution is -2.44. The van der Waals surface area contributed by atoms with Gasteiger partial charge in [-0.2, -0.15) is 0 Å². The lowest BCUT2D eigenvalue weighted by Gasteiger charge is -2.34. The van der Waals surface area contributed by atoms with Crippen LogP contribution in [-0.2, 0) is 11.3 Å². The summed E-state index contributed by atoms with van der Waals surface area (Å²) in [6.45, 7) is 2.04. The van der Waals surface area contributed by atoms with Crippen LogP contribution in [0, 0.1) is 0 Å². The number of ether oxygens (including phenoxy) is 2. The molecule has 24 heavy (non-hydrogen) atoms. The van der Waals surface area contributed by atoms with Crippen molar-refractivity contribution in [3.05, 3.63) is 46.7 Å². The zero-order valence-corrected chi connectivity index (χ0v) is 14.6. The van der Waals surface area contributed by atoms with Gasteiger partial charge in [-0.05, 0) is 36.4 Å². The van der Waals surface area contributed by atoms with Gasteiger partial charge in [-0.15, -0.1) is 11.3 Å².